The van der Waals surface area contributed by atoms with Crippen LogP contribution in [0.3, 0.4) is 0 Å². The zero-order valence-electron chi connectivity index (χ0n) is 13.4. The number of carbonyl (C=O) groups is 1. The Kier molecular flexibility index (Phi) is 5.48. The fraction of sp³-hybridized carbons (Fsp3) is 0.941. The topological polar surface area (TPSA) is 41.1 Å². The lowest BCUT2D eigenvalue weighted by atomic mass is 9.79. The quantitative estimate of drug-likeness (QED) is 0.783. The van der Waals surface area contributed by atoms with Crippen LogP contribution in [0.1, 0.15) is 77.6 Å². The molecule has 0 aromatic heterocycles. The normalized spacial score (nSPS) is 24.5. The molecule has 3 heteroatoms. The first-order valence-electron chi connectivity index (χ1n) is 8.59. The molecule has 0 atom stereocenters. The molecule has 0 aromatic carbocycles. The molecule has 0 unspecified atom stereocenters. The van der Waals surface area contributed by atoms with Crippen molar-refractivity contribution >= 4 is 5.91 Å². The predicted octanol–water partition coefficient (Wildman–Crippen LogP) is 3.39. The SMILES string of the molecule is CCC1(CNC(=O)CC2(NC)CCCCC2)CCCC1. The van der Waals surface area contributed by atoms with Gasteiger partial charge < -0.3 is 10.6 Å². The van der Waals surface area contributed by atoms with E-state index in [-0.39, 0.29) is 11.4 Å². The Morgan fingerprint density at radius 1 is 1.00 bits per heavy atom. The van der Waals surface area contributed by atoms with Crippen molar-refractivity contribution in [2.45, 2.75) is 83.1 Å². The van der Waals surface area contributed by atoms with Crippen LogP contribution >= 0.6 is 0 Å². The van der Waals surface area contributed by atoms with E-state index in [9.17, 15) is 4.79 Å². The van der Waals surface area contributed by atoms with Crippen LogP contribution in [0.4, 0.5) is 0 Å². The van der Waals surface area contributed by atoms with Gasteiger partial charge in [0, 0.05) is 18.5 Å². The summed E-state index contributed by atoms with van der Waals surface area (Å²) in [5.74, 6) is 0.251. The molecule has 2 rings (SSSR count). The smallest absolute Gasteiger partial charge is 0.221 e. The highest BCUT2D eigenvalue weighted by Crippen LogP contribution is 2.40. The van der Waals surface area contributed by atoms with Gasteiger partial charge in [0.05, 0.1) is 0 Å². The number of nitrogens with one attached hydrogen (secondary N) is 2. The van der Waals surface area contributed by atoms with E-state index in [1.54, 1.807) is 0 Å². The minimum atomic E-state index is 0.0669. The Labute approximate surface area is 124 Å². The van der Waals surface area contributed by atoms with Crippen LogP contribution in [0.2, 0.25) is 0 Å². The molecule has 0 aliphatic heterocycles. The van der Waals surface area contributed by atoms with Gasteiger partial charge in [-0.2, -0.15) is 0 Å². The second-order valence-corrected chi connectivity index (χ2v) is 7.11. The first-order chi connectivity index (χ1) is 9.64. The Morgan fingerprint density at radius 3 is 2.15 bits per heavy atom. The minimum absolute atomic E-state index is 0.0669. The van der Waals surface area contributed by atoms with Gasteiger partial charge in [-0.05, 0) is 44.6 Å². The van der Waals surface area contributed by atoms with Crippen molar-refractivity contribution in [3.63, 3.8) is 0 Å². The predicted molar refractivity (Wildman–Crippen MR) is 83.7 cm³/mol. The highest BCUT2D eigenvalue weighted by Gasteiger charge is 2.35. The lowest BCUT2D eigenvalue weighted by Gasteiger charge is -2.37. The van der Waals surface area contributed by atoms with Crippen molar-refractivity contribution in [2.24, 2.45) is 5.41 Å². The van der Waals surface area contributed by atoms with Crippen LogP contribution in [-0.2, 0) is 4.79 Å². The fourth-order valence-corrected chi connectivity index (χ4v) is 4.18. The Bertz CT molecular complexity index is 315. The molecule has 0 heterocycles. The maximum absolute atomic E-state index is 12.3. The molecule has 0 spiro atoms. The molecule has 2 N–H and O–H groups in total. The molecule has 1 amide bonds. The average molecular weight is 280 g/mol. The van der Waals surface area contributed by atoms with Gasteiger partial charge in [0.1, 0.15) is 0 Å². The Balaban J connectivity index is 1.82. The van der Waals surface area contributed by atoms with Crippen molar-refractivity contribution in [3.8, 4) is 0 Å². The van der Waals surface area contributed by atoms with E-state index in [4.69, 9.17) is 0 Å². The maximum Gasteiger partial charge on any atom is 0.221 e. The van der Waals surface area contributed by atoms with Gasteiger partial charge in [0.2, 0.25) is 5.91 Å². The van der Waals surface area contributed by atoms with Crippen LogP contribution in [0.25, 0.3) is 0 Å². The lowest BCUT2D eigenvalue weighted by Crippen LogP contribution is -2.49. The van der Waals surface area contributed by atoms with Crippen molar-refractivity contribution in [1.82, 2.24) is 10.6 Å². The van der Waals surface area contributed by atoms with Crippen LogP contribution in [0.15, 0.2) is 0 Å². The molecule has 2 aliphatic rings. The van der Waals surface area contributed by atoms with E-state index in [1.807, 2.05) is 7.05 Å². The summed E-state index contributed by atoms with van der Waals surface area (Å²) in [6, 6.07) is 0. The van der Waals surface area contributed by atoms with Crippen molar-refractivity contribution in [1.29, 1.82) is 0 Å². The highest BCUT2D eigenvalue weighted by atomic mass is 16.1. The molecule has 2 aliphatic carbocycles. The molecule has 20 heavy (non-hydrogen) atoms. The summed E-state index contributed by atoms with van der Waals surface area (Å²) in [6.45, 7) is 3.16. The van der Waals surface area contributed by atoms with Gasteiger partial charge in [-0.15, -0.1) is 0 Å². The summed E-state index contributed by atoms with van der Waals surface area (Å²) < 4.78 is 0. The monoisotopic (exact) mass is 280 g/mol. The molecule has 116 valence electrons. The van der Waals surface area contributed by atoms with Gasteiger partial charge in [-0.1, -0.05) is 39.0 Å². The van der Waals surface area contributed by atoms with Crippen molar-refractivity contribution in [3.05, 3.63) is 0 Å². The zero-order valence-corrected chi connectivity index (χ0v) is 13.4. The fourth-order valence-electron chi connectivity index (χ4n) is 4.18. The first kappa shape index (κ1) is 15.8. The highest BCUT2D eigenvalue weighted by molar-refractivity contribution is 5.77. The molecule has 0 saturated heterocycles. The van der Waals surface area contributed by atoms with Crippen molar-refractivity contribution < 1.29 is 4.79 Å². The Morgan fingerprint density at radius 2 is 1.60 bits per heavy atom. The third-order valence-electron chi connectivity index (χ3n) is 5.91. The van der Waals surface area contributed by atoms with Gasteiger partial charge in [-0.3, -0.25) is 4.79 Å². The molecule has 2 fully saturated rings. The lowest BCUT2D eigenvalue weighted by molar-refractivity contribution is -0.123. The van der Waals surface area contributed by atoms with Crippen LogP contribution in [-0.4, -0.2) is 25.0 Å². The van der Waals surface area contributed by atoms with Crippen LogP contribution in [0, 0.1) is 5.41 Å². The molecule has 2 saturated carbocycles. The summed E-state index contributed by atoms with van der Waals surface area (Å²) in [5, 5.41) is 6.68. The van der Waals surface area contributed by atoms with Gasteiger partial charge in [0.15, 0.2) is 0 Å². The molecular weight excluding hydrogens is 248 g/mol. The molecule has 3 nitrogen and oxygen atoms in total. The molecule has 0 radical (unpaired) electrons. The van der Waals surface area contributed by atoms with Gasteiger partial charge >= 0.3 is 0 Å². The maximum atomic E-state index is 12.3. The summed E-state index contributed by atoms with van der Waals surface area (Å²) in [4.78, 5) is 12.3. The molecular formula is C17H32N2O. The number of rotatable bonds is 6. The van der Waals surface area contributed by atoms with Gasteiger partial charge in [0.25, 0.3) is 0 Å². The zero-order chi connectivity index (χ0) is 14.5. The number of hydrogen-bond donors (Lipinski definition) is 2. The average Bonchev–Trinajstić information content (AvgIpc) is 2.96. The summed E-state index contributed by atoms with van der Waals surface area (Å²) >= 11 is 0. The molecule has 0 aromatic rings. The van der Waals surface area contributed by atoms with E-state index < -0.39 is 0 Å². The second-order valence-electron chi connectivity index (χ2n) is 7.11. The summed E-state index contributed by atoms with van der Waals surface area (Å²) in [6.07, 6.45) is 13.2. The second kappa shape index (κ2) is 6.93. The number of hydrogen-bond acceptors (Lipinski definition) is 2. The summed E-state index contributed by atoms with van der Waals surface area (Å²) in [7, 11) is 2.02. The van der Waals surface area contributed by atoms with E-state index in [0.29, 0.717) is 11.8 Å². The van der Waals surface area contributed by atoms with E-state index >= 15 is 0 Å². The number of carbonyl (C=O) groups excluding carboxylic acids is 1. The largest absolute Gasteiger partial charge is 0.355 e. The third kappa shape index (κ3) is 3.75. The van der Waals surface area contributed by atoms with E-state index in [1.165, 1.54) is 51.4 Å². The third-order valence-corrected chi connectivity index (χ3v) is 5.91. The number of amides is 1. The van der Waals surface area contributed by atoms with Crippen molar-refractivity contribution in [2.75, 3.05) is 13.6 Å². The van der Waals surface area contributed by atoms with E-state index in [0.717, 1.165) is 19.4 Å². The summed E-state index contributed by atoms with van der Waals surface area (Å²) in [5.41, 5.74) is 0.465. The van der Waals surface area contributed by atoms with Gasteiger partial charge in [-0.25, -0.2) is 0 Å². The Hall–Kier alpha value is -0.570. The molecule has 0 bridgehead atoms. The van der Waals surface area contributed by atoms with E-state index in [2.05, 4.69) is 17.6 Å². The first-order valence-corrected chi connectivity index (χ1v) is 8.59. The van der Waals surface area contributed by atoms with Crippen LogP contribution in [0.5, 0.6) is 0 Å². The van der Waals surface area contributed by atoms with Crippen LogP contribution < -0.4 is 10.6 Å². The standard InChI is InChI=1S/C17H32N2O/c1-3-16(9-7-8-10-16)14-19-15(20)13-17(18-2)11-5-4-6-12-17/h18H,3-14H2,1-2H3,(H,19,20). The minimum Gasteiger partial charge on any atom is -0.355 e.